The third-order valence-corrected chi connectivity index (χ3v) is 6.10. The highest BCUT2D eigenvalue weighted by atomic mass is 32.2. The molecule has 2 rings (SSSR count). The first kappa shape index (κ1) is 25.4. The maximum absolute atomic E-state index is 12.4. The van der Waals surface area contributed by atoms with Crippen LogP contribution in [0.15, 0.2) is 29.7 Å². The SMILES string of the molecule is CC(=O)SCC(=Cc1ccc(C(=O)CC(=O)C(F)(F)F)cc1)B1OC(C)(C)C(C)(C)O1. The number of hydrogen-bond acceptors (Lipinski definition) is 6. The van der Waals surface area contributed by atoms with Gasteiger partial charge in [0.1, 0.15) is 0 Å². The molecule has 1 fully saturated rings. The van der Waals surface area contributed by atoms with Crippen molar-refractivity contribution in [2.24, 2.45) is 0 Å². The molecule has 0 amide bonds. The van der Waals surface area contributed by atoms with Gasteiger partial charge in [-0.1, -0.05) is 42.1 Å². The second-order valence-electron chi connectivity index (χ2n) is 8.23. The van der Waals surface area contributed by atoms with Crippen LogP contribution in [0.2, 0.25) is 0 Å². The van der Waals surface area contributed by atoms with E-state index in [1.165, 1.54) is 19.1 Å². The van der Waals surface area contributed by atoms with Gasteiger partial charge in [0, 0.05) is 18.2 Å². The van der Waals surface area contributed by atoms with Gasteiger partial charge in [-0.15, -0.1) is 0 Å². The summed E-state index contributed by atoms with van der Waals surface area (Å²) >= 11 is 1.10. The summed E-state index contributed by atoms with van der Waals surface area (Å²) in [6.45, 7) is 9.09. The zero-order chi connectivity index (χ0) is 23.6. The van der Waals surface area contributed by atoms with Crippen molar-refractivity contribution in [3.8, 4) is 0 Å². The second-order valence-corrected chi connectivity index (χ2v) is 9.38. The Morgan fingerprint density at radius 2 is 1.55 bits per heavy atom. The molecular weight excluding hydrogens is 432 g/mol. The number of rotatable bonds is 7. The standard InChI is InChI=1S/C21H24BF3O5S/c1-13(26)31-12-16(22-29-19(2,3)20(4,5)30-22)10-14-6-8-15(9-7-14)17(27)11-18(28)21(23,24)25/h6-10H,11-12H2,1-5H3. The van der Waals surface area contributed by atoms with Crippen molar-refractivity contribution < 1.29 is 36.9 Å². The van der Waals surface area contributed by atoms with Crippen LogP contribution in [0.3, 0.4) is 0 Å². The van der Waals surface area contributed by atoms with Crippen LogP contribution in [0, 0.1) is 0 Å². The molecule has 0 unspecified atom stereocenters. The third-order valence-electron chi connectivity index (χ3n) is 5.22. The maximum Gasteiger partial charge on any atom is 0.491 e. The number of alkyl halides is 3. The van der Waals surface area contributed by atoms with Crippen LogP contribution in [0.4, 0.5) is 13.2 Å². The van der Waals surface area contributed by atoms with E-state index >= 15 is 0 Å². The number of ketones is 2. The number of thioether (sulfide) groups is 1. The molecular formula is C21H24BF3O5S. The van der Waals surface area contributed by atoms with Gasteiger partial charge in [-0.05, 0) is 38.7 Å². The number of benzene rings is 1. The average molecular weight is 456 g/mol. The fourth-order valence-corrected chi connectivity index (χ4v) is 3.27. The number of hydrogen-bond donors (Lipinski definition) is 0. The van der Waals surface area contributed by atoms with Crippen LogP contribution < -0.4 is 0 Å². The van der Waals surface area contributed by atoms with Gasteiger partial charge in [0.25, 0.3) is 0 Å². The van der Waals surface area contributed by atoms with Gasteiger partial charge in [0.15, 0.2) is 10.9 Å². The highest BCUT2D eigenvalue weighted by Crippen LogP contribution is 2.39. The molecule has 0 aliphatic carbocycles. The van der Waals surface area contributed by atoms with Gasteiger partial charge in [0.05, 0.1) is 17.6 Å². The fourth-order valence-electron chi connectivity index (χ4n) is 2.68. The van der Waals surface area contributed by atoms with E-state index in [4.69, 9.17) is 9.31 Å². The maximum atomic E-state index is 12.4. The van der Waals surface area contributed by atoms with Gasteiger partial charge in [-0.25, -0.2) is 0 Å². The predicted octanol–water partition coefficient (Wildman–Crippen LogP) is 4.69. The van der Waals surface area contributed by atoms with Gasteiger partial charge >= 0.3 is 13.3 Å². The molecule has 168 valence electrons. The predicted molar refractivity (Wildman–Crippen MR) is 114 cm³/mol. The lowest BCUT2D eigenvalue weighted by Gasteiger charge is -2.32. The van der Waals surface area contributed by atoms with Crippen molar-refractivity contribution in [3.63, 3.8) is 0 Å². The lowest BCUT2D eigenvalue weighted by molar-refractivity contribution is -0.170. The van der Waals surface area contributed by atoms with Crippen molar-refractivity contribution in [3.05, 3.63) is 40.9 Å². The zero-order valence-corrected chi connectivity index (χ0v) is 18.8. The van der Waals surface area contributed by atoms with Crippen LogP contribution >= 0.6 is 11.8 Å². The highest BCUT2D eigenvalue weighted by molar-refractivity contribution is 8.13. The van der Waals surface area contributed by atoms with Gasteiger partial charge in [-0.2, -0.15) is 13.2 Å². The lowest BCUT2D eigenvalue weighted by atomic mass is 9.78. The summed E-state index contributed by atoms with van der Waals surface area (Å²) in [6.07, 6.45) is -4.51. The Morgan fingerprint density at radius 3 is 2.00 bits per heavy atom. The van der Waals surface area contributed by atoms with E-state index in [0.717, 1.165) is 11.8 Å². The average Bonchev–Trinajstić information content (AvgIpc) is 2.85. The van der Waals surface area contributed by atoms with E-state index < -0.39 is 42.5 Å². The summed E-state index contributed by atoms with van der Waals surface area (Å²) < 4.78 is 49.2. The molecule has 1 aromatic rings. The number of carbonyl (C=O) groups is 3. The van der Waals surface area contributed by atoms with Crippen molar-refractivity contribution in [2.75, 3.05) is 5.75 Å². The van der Waals surface area contributed by atoms with E-state index in [9.17, 15) is 27.6 Å². The molecule has 1 heterocycles. The van der Waals surface area contributed by atoms with Crippen LogP contribution in [-0.2, 0) is 18.9 Å². The molecule has 0 bridgehead atoms. The molecule has 5 nitrogen and oxygen atoms in total. The Balaban J connectivity index is 2.23. The molecule has 1 aromatic carbocycles. The fraction of sp³-hybridized carbons (Fsp3) is 0.476. The van der Waals surface area contributed by atoms with Crippen LogP contribution in [0.1, 0.15) is 57.0 Å². The zero-order valence-electron chi connectivity index (χ0n) is 18.0. The molecule has 0 saturated carbocycles. The Kier molecular flexibility index (Phi) is 7.61. The van der Waals surface area contributed by atoms with Crippen LogP contribution in [0.5, 0.6) is 0 Å². The monoisotopic (exact) mass is 456 g/mol. The van der Waals surface area contributed by atoms with E-state index in [2.05, 4.69) is 0 Å². The van der Waals surface area contributed by atoms with Crippen molar-refractivity contribution in [2.45, 2.75) is 58.4 Å². The first-order chi connectivity index (χ1) is 14.1. The van der Waals surface area contributed by atoms with E-state index in [1.54, 1.807) is 18.2 Å². The normalized spacial score (nSPS) is 18.2. The smallest absolute Gasteiger partial charge is 0.400 e. The van der Waals surface area contributed by atoms with Crippen LogP contribution in [0.25, 0.3) is 6.08 Å². The summed E-state index contributed by atoms with van der Waals surface area (Å²) in [7, 11) is -0.678. The molecule has 10 heteroatoms. The summed E-state index contributed by atoms with van der Waals surface area (Å²) in [5.74, 6) is -2.66. The Morgan fingerprint density at radius 1 is 1.03 bits per heavy atom. The molecule has 0 N–H and O–H groups in total. The largest absolute Gasteiger partial charge is 0.491 e. The minimum absolute atomic E-state index is 0.00467. The number of halogens is 3. The van der Waals surface area contributed by atoms with Crippen molar-refractivity contribution >= 4 is 41.6 Å². The summed E-state index contributed by atoms with van der Waals surface area (Å²) in [6, 6.07) is 5.82. The highest BCUT2D eigenvalue weighted by Gasteiger charge is 2.52. The minimum atomic E-state index is -5.04. The molecule has 0 atom stereocenters. The first-order valence-electron chi connectivity index (χ1n) is 9.55. The Labute approximate surface area is 183 Å². The van der Waals surface area contributed by atoms with Crippen molar-refractivity contribution in [1.29, 1.82) is 0 Å². The summed E-state index contributed by atoms with van der Waals surface area (Å²) in [5, 5.41) is -0.0716. The second kappa shape index (κ2) is 9.30. The van der Waals surface area contributed by atoms with Crippen molar-refractivity contribution in [1.82, 2.24) is 0 Å². The quantitative estimate of drug-likeness (QED) is 0.337. The third kappa shape index (κ3) is 6.54. The molecule has 0 radical (unpaired) electrons. The first-order valence-corrected chi connectivity index (χ1v) is 10.5. The molecule has 0 aromatic heterocycles. The topological polar surface area (TPSA) is 69.7 Å². The van der Waals surface area contributed by atoms with Crippen LogP contribution in [-0.4, -0.2) is 46.9 Å². The summed E-state index contributed by atoms with van der Waals surface area (Å²) in [5.41, 5.74) is 0.209. The molecule has 31 heavy (non-hydrogen) atoms. The van der Waals surface area contributed by atoms with Gasteiger partial charge in [0.2, 0.25) is 5.78 Å². The molecule has 1 aliphatic rings. The molecule has 1 saturated heterocycles. The Hall–Kier alpha value is -1.91. The summed E-state index contributed by atoms with van der Waals surface area (Å²) in [4.78, 5) is 34.4. The number of carbonyl (C=O) groups excluding carboxylic acids is 3. The van der Waals surface area contributed by atoms with Gasteiger partial charge < -0.3 is 9.31 Å². The molecule has 0 spiro atoms. The van der Waals surface area contributed by atoms with E-state index in [0.29, 0.717) is 16.8 Å². The van der Waals surface area contributed by atoms with E-state index in [-0.39, 0.29) is 10.7 Å². The van der Waals surface area contributed by atoms with Gasteiger partial charge in [-0.3, -0.25) is 14.4 Å². The van der Waals surface area contributed by atoms with E-state index in [1.807, 2.05) is 27.7 Å². The molecule has 1 aliphatic heterocycles. The lowest BCUT2D eigenvalue weighted by Crippen LogP contribution is -2.41. The Bertz CT molecular complexity index is 875. The number of Topliss-reactive ketones (excluding diaryl/α,β-unsaturated/α-hetero) is 2. The minimum Gasteiger partial charge on any atom is -0.400 e.